The molecule has 1 aliphatic heterocycles. The standard InChI is InChI=1S/C29H37N5O5S/c1-19-25(17-40-29-31-18-32-34-29)38-28(39-27(19)22-9-7-21(16-35)8-10-22)23-11-13-24(14-12-23)33-26(37)6-4-3-5-15-30-20(2)36/h7-14,18-19,25,27-28,35H,3-6,15-17H2,1-2H3,(H,30,36)(H,33,37)(H,31,32,34)/t19-,25+,27+,28+/m0/s1. The van der Waals surface area contributed by atoms with Crippen LogP contribution in [0.3, 0.4) is 0 Å². The van der Waals surface area contributed by atoms with E-state index in [4.69, 9.17) is 9.47 Å². The van der Waals surface area contributed by atoms with Crippen LogP contribution in [0.4, 0.5) is 5.69 Å². The highest BCUT2D eigenvalue weighted by Crippen LogP contribution is 2.42. The van der Waals surface area contributed by atoms with E-state index in [2.05, 4.69) is 32.7 Å². The van der Waals surface area contributed by atoms with Gasteiger partial charge in [-0.2, -0.15) is 5.10 Å². The molecule has 214 valence electrons. The predicted molar refractivity (Wildman–Crippen MR) is 152 cm³/mol. The minimum atomic E-state index is -0.590. The first-order valence-electron chi connectivity index (χ1n) is 13.6. The number of rotatable bonds is 13. The molecule has 4 N–H and O–H groups in total. The number of aromatic nitrogens is 3. The summed E-state index contributed by atoms with van der Waals surface area (Å²) in [5, 5.41) is 22.7. The van der Waals surface area contributed by atoms with Crippen LogP contribution in [0, 0.1) is 5.92 Å². The number of amides is 2. The maximum absolute atomic E-state index is 12.4. The average Bonchev–Trinajstić information content (AvgIpc) is 3.48. The van der Waals surface area contributed by atoms with Crippen molar-refractivity contribution < 1.29 is 24.2 Å². The van der Waals surface area contributed by atoms with Gasteiger partial charge in [-0.05, 0) is 36.1 Å². The van der Waals surface area contributed by atoms with Gasteiger partial charge < -0.3 is 25.2 Å². The first kappa shape index (κ1) is 29.7. The Morgan fingerprint density at radius 2 is 1.77 bits per heavy atom. The molecule has 10 nitrogen and oxygen atoms in total. The number of unbranched alkanes of at least 4 members (excludes halogenated alkanes) is 2. The zero-order valence-corrected chi connectivity index (χ0v) is 23.7. The molecule has 0 saturated carbocycles. The Morgan fingerprint density at radius 3 is 2.45 bits per heavy atom. The lowest BCUT2D eigenvalue weighted by molar-refractivity contribution is -0.268. The summed E-state index contributed by atoms with van der Waals surface area (Å²) < 4.78 is 12.9. The Balaban J connectivity index is 1.38. The van der Waals surface area contributed by atoms with Crippen molar-refractivity contribution in [1.29, 1.82) is 0 Å². The molecule has 4 atom stereocenters. The number of aromatic amines is 1. The number of nitrogens with zero attached hydrogens (tertiary/aromatic N) is 2. The van der Waals surface area contributed by atoms with Gasteiger partial charge in [0.05, 0.1) is 18.8 Å². The van der Waals surface area contributed by atoms with Gasteiger partial charge in [0.2, 0.25) is 11.8 Å². The largest absolute Gasteiger partial charge is 0.392 e. The van der Waals surface area contributed by atoms with E-state index in [1.807, 2.05) is 48.5 Å². The number of carbonyl (C=O) groups is 2. The van der Waals surface area contributed by atoms with Crippen molar-refractivity contribution in [3.05, 3.63) is 71.5 Å². The molecule has 0 unspecified atom stereocenters. The third-order valence-electron chi connectivity index (χ3n) is 6.82. The van der Waals surface area contributed by atoms with Crippen LogP contribution in [0.1, 0.15) is 68.6 Å². The molecular weight excluding hydrogens is 530 g/mol. The molecule has 3 aromatic rings. The fourth-order valence-electron chi connectivity index (χ4n) is 4.53. The zero-order chi connectivity index (χ0) is 28.3. The average molecular weight is 568 g/mol. The highest BCUT2D eigenvalue weighted by molar-refractivity contribution is 7.99. The Labute approximate surface area is 238 Å². The van der Waals surface area contributed by atoms with E-state index in [-0.39, 0.29) is 36.5 Å². The van der Waals surface area contributed by atoms with Crippen LogP contribution in [0.5, 0.6) is 0 Å². The topological polar surface area (TPSA) is 138 Å². The van der Waals surface area contributed by atoms with E-state index < -0.39 is 6.29 Å². The molecule has 40 heavy (non-hydrogen) atoms. The van der Waals surface area contributed by atoms with Gasteiger partial charge in [-0.1, -0.05) is 61.5 Å². The van der Waals surface area contributed by atoms with E-state index in [1.54, 1.807) is 11.8 Å². The minimum Gasteiger partial charge on any atom is -0.392 e. The molecule has 0 aliphatic carbocycles. The van der Waals surface area contributed by atoms with Gasteiger partial charge in [-0.15, -0.1) is 0 Å². The van der Waals surface area contributed by atoms with Crippen molar-refractivity contribution in [3.63, 3.8) is 0 Å². The summed E-state index contributed by atoms with van der Waals surface area (Å²) in [6.45, 7) is 4.24. The number of ether oxygens (including phenoxy) is 2. The molecule has 2 aromatic carbocycles. The zero-order valence-electron chi connectivity index (χ0n) is 22.8. The maximum atomic E-state index is 12.4. The smallest absolute Gasteiger partial charge is 0.224 e. The van der Waals surface area contributed by atoms with Crippen LogP contribution in [0.15, 0.2) is 60.0 Å². The molecule has 4 rings (SSSR count). The van der Waals surface area contributed by atoms with Crippen LogP contribution in [-0.2, 0) is 25.7 Å². The van der Waals surface area contributed by atoms with E-state index in [9.17, 15) is 14.7 Å². The Kier molecular flexibility index (Phi) is 11.1. The number of aliphatic hydroxyl groups is 1. The fraction of sp³-hybridized carbons (Fsp3) is 0.448. The number of thioether (sulfide) groups is 1. The quantitative estimate of drug-likeness (QED) is 0.175. The minimum absolute atomic E-state index is 0.00890. The number of nitrogens with one attached hydrogen (secondary N) is 3. The normalized spacial score (nSPS) is 20.7. The molecule has 1 aromatic heterocycles. The third-order valence-corrected chi connectivity index (χ3v) is 7.79. The van der Waals surface area contributed by atoms with Crippen molar-refractivity contribution in [3.8, 4) is 0 Å². The monoisotopic (exact) mass is 567 g/mol. The highest BCUT2D eigenvalue weighted by atomic mass is 32.2. The first-order chi connectivity index (χ1) is 19.4. The van der Waals surface area contributed by atoms with Crippen molar-refractivity contribution in [2.75, 3.05) is 17.6 Å². The number of anilines is 1. The van der Waals surface area contributed by atoms with Crippen LogP contribution in [0.25, 0.3) is 0 Å². The van der Waals surface area contributed by atoms with Crippen molar-refractivity contribution in [1.82, 2.24) is 20.5 Å². The number of carbonyl (C=O) groups excluding carboxylic acids is 2. The van der Waals surface area contributed by atoms with Crippen molar-refractivity contribution in [2.45, 2.75) is 69.8 Å². The molecule has 0 bridgehead atoms. The van der Waals surface area contributed by atoms with Gasteiger partial charge in [-0.3, -0.25) is 14.7 Å². The second kappa shape index (κ2) is 14.9. The van der Waals surface area contributed by atoms with Gasteiger partial charge >= 0.3 is 0 Å². The highest BCUT2D eigenvalue weighted by Gasteiger charge is 2.38. The Hall–Kier alpha value is -3.25. The second-order valence-corrected chi connectivity index (χ2v) is 10.9. The van der Waals surface area contributed by atoms with Crippen LogP contribution < -0.4 is 10.6 Å². The summed E-state index contributed by atoms with van der Waals surface area (Å²) in [5.74, 6) is 0.652. The van der Waals surface area contributed by atoms with Gasteiger partial charge in [0.25, 0.3) is 0 Å². The predicted octanol–water partition coefficient (Wildman–Crippen LogP) is 4.52. The molecule has 11 heteroatoms. The van der Waals surface area contributed by atoms with Crippen LogP contribution in [-0.4, -0.2) is 50.5 Å². The molecule has 0 spiro atoms. The number of hydrogen-bond acceptors (Lipinski definition) is 8. The van der Waals surface area contributed by atoms with Crippen LogP contribution in [0.2, 0.25) is 0 Å². The number of benzene rings is 2. The summed E-state index contributed by atoms with van der Waals surface area (Å²) >= 11 is 1.55. The Morgan fingerprint density at radius 1 is 1.02 bits per heavy atom. The fourth-order valence-corrected chi connectivity index (χ4v) is 5.48. The number of H-pyrrole nitrogens is 1. The van der Waals surface area contributed by atoms with Gasteiger partial charge in [0, 0.05) is 42.8 Å². The molecule has 2 amide bonds. The van der Waals surface area contributed by atoms with Crippen molar-refractivity contribution >= 4 is 29.3 Å². The van der Waals surface area contributed by atoms with E-state index in [0.29, 0.717) is 24.4 Å². The molecule has 0 radical (unpaired) electrons. The third kappa shape index (κ3) is 8.62. The van der Waals surface area contributed by atoms with Crippen molar-refractivity contribution in [2.24, 2.45) is 5.92 Å². The molecular formula is C29H37N5O5S. The number of aliphatic hydroxyl groups excluding tert-OH is 1. The van der Waals surface area contributed by atoms with Gasteiger partial charge in [0.15, 0.2) is 11.4 Å². The van der Waals surface area contributed by atoms with Crippen LogP contribution >= 0.6 is 11.8 Å². The summed E-state index contributed by atoms with van der Waals surface area (Å²) in [5.41, 5.74) is 3.44. The van der Waals surface area contributed by atoms with Gasteiger partial charge in [0.1, 0.15) is 6.33 Å². The molecule has 1 aliphatic rings. The lowest BCUT2D eigenvalue weighted by Crippen LogP contribution is -2.38. The summed E-state index contributed by atoms with van der Waals surface area (Å²) in [6.07, 6.45) is 3.48. The van der Waals surface area contributed by atoms with E-state index in [0.717, 1.165) is 41.1 Å². The van der Waals surface area contributed by atoms with Gasteiger partial charge in [-0.25, -0.2) is 4.98 Å². The lowest BCUT2D eigenvalue weighted by Gasteiger charge is -2.41. The summed E-state index contributed by atoms with van der Waals surface area (Å²) in [4.78, 5) is 27.5. The first-order valence-corrected chi connectivity index (χ1v) is 14.5. The second-order valence-electron chi connectivity index (χ2n) is 9.89. The molecule has 2 heterocycles. The Bertz CT molecular complexity index is 1210. The number of hydrogen-bond donors (Lipinski definition) is 4. The molecule has 1 saturated heterocycles. The molecule has 1 fully saturated rings. The summed E-state index contributed by atoms with van der Waals surface area (Å²) in [6, 6.07) is 15.4. The maximum Gasteiger partial charge on any atom is 0.224 e. The van der Waals surface area contributed by atoms with E-state index >= 15 is 0 Å². The van der Waals surface area contributed by atoms with E-state index in [1.165, 1.54) is 13.3 Å². The SMILES string of the molecule is CC(=O)NCCCCCC(=O)Nc1ccc([C@@H]2O[C@H](CSc3ncn[nH]3)[C@H](C)[C@H](c3ccc(CO)cc3)O2)cc1. The summed E-state index contributed by atoms with van der Waals surface area (Å²) in [7, 11) is 0. The lowest BCUT2D eigenvalue weighted by atomic mass is 9.91.